The number of benzene rings is 2. The number of aromatic nitrogens is 2. The van der Waals surface area contributed by atoms with Crippen LogP contribution in [0.5, 0.6) is 0 Å². The van der Waals surface area contributed by atoms with Crippen LogP contribution in [0.2, 0.25) is 0 Å². The summed E-state index contributed by atoms with van der Waals surface area (Å²) in [4.78, 5) is 25.8. The molecule has 2 aromatic carbocycles. The highest BCUT2D eigenvalue weighted by molar-refractivity contribution is 7.99. The monoisotopic (exact) mass is 408 g/mol. The summed E-state index contributed by atoms with van der Waals surface area (Å²) in [6.45, 7) is 2.72. The summed E-state index contributed by atoms with van der Waals surface area (Å²) in [6, 6.07) is 15.0. The van der Waals surface area contributed by atoms with Crippen molar-refractivity contribution in [2.45, 2.75) is 25.0 Å². The van der Waals surface area contributed by atoms with Crippen LogP contribution in [-0.2, 0) is 9.59 Å². The standard InChI is InChI=1S/C21H20N4O3S/c1-14-5-2-3-6-17(14)20-23-24-21(28-20)29-13-18(26)22-15-8-10-16(11-9-15)25-12-4-7-19(25)27/h2-3,5-6,8-11H,4,7,12-13H2,1H3,(H,22,26). The molecule has 1 saturated heterocycles. The Labute approximate surface area is 172 Å². The first kappa shape index (κ1) is 19.2. The lowest BCUT2D eigenvalue weighted by molar-refractivity contribution is -0.117. The van der Waals surface area contributed by atoms with Gasteiger partial charge < -0.3 is 14.6 Å². The third-order valence-electron chi connectivity index (χ3n) is 4.64. The molecule has 0 aliphatic carbocycles. The molecule has 1 fully saturated rings. The number of nitrogens with zero attached hydrogens (tertiary/aromatic N) is 3. The van der Waals surface area contributed by atoms with Crippen LogP contribution < -0.4 is 10.2 Å². The first-order valence-corrected chi connectivity index (χ1v) is 10.3. The van der Waals surface area contributed by atoms with Crippen molar-refractivity contribution < 1.29 is 14.0 Å². The van der Waals surface area contributed by atoms with Crippen molar-refractivity contribution in [2.24, 2.45) is 0 Å². The zero-order valence-electron chi connectivity index (χ0n) is 15.9. The molecule has 1 aliphatic rings. The van der Waals surface area contributed by atoms with E-state index in [0.29, 0.717) is 23.2 Å². The molecule has 8 heteroatoms. The van der Waals surface area contributed by atoms with Gasteiger partial charge in [0, 0.05) is 29.9 Å². The number of carbonyl (C=O) groups excluding carboxylic acids is 2. The lowest BCUT2D eigenvalue weighted by Crippen LogP contribution is -2.23. The van der Waals surface area contributed by atoms with E-state index in [2.05, 4.69) is 15.5 Å². The van der Waals surface area contributed by atoms with Gasteiger partial charge in [-0.3, -0.25) is 9.59 Å². The third-order valence-corrected chi connectivity index (χ3v) is 5.46. The van der Waals surface area contributed by atoms with Gasteiger partial charge in [-0.2, -0.15) is 0 Å². The highest BCUT2D eigenvalue weighted by atomic mass is 32.2. The zero-order valence-corrected chi connectivity index (χ0v) is 16.7. The van der Waals surface area contributed by atoms with Crippen LogP contribution in [0.1, 0.15) is 18.4 Å². The molecule has 2 amide bonds. The first-order chi connectivity index (χ1) is 14.1. The molecule has 3 aromatic rings. The van der Waals surface area contributed by atoms with Gasteiger partial charge in [0.05, 0.1) is 5.75 Å². The predicted molar refractivity (Wildman–Crippen MR) is 112 cm³/mol. The van der Waals surface area contributed by atoms with Gasteiger partial charge in [-0.15, -0.1) is 10.2 Å². The predicted octanol–water partition coefficient (Wildman–Crippen LogP) is 3.90. The number of aryl methyl sites for hydroxylation is 1. The largest absolute Gasteiger partial charge is 0.411 e. The van der Waals surface area contributed by atoms with E-state index in [1.807, 2.05) is 43.3 Å². The van der Waals surface area contributed by atoms with E-state index in [1.165, 1.54) is 11.8 Å². The van der Waals surface area contributed by atoms with E-state index < -0.39 is 0 Å². The van der Waals surface area contributed by atoms with E-state index in [1.54, 1.807) is 17.0 Å². The highest BCUT2D eigenvalue weighted by Crippen LogP contribution is 2.26. The Morgan fingerprint density at radius 3 is 2.69 bits per heavy atom. The van der Waals surface area contributed by atoms with E-state index in [4.69, 9.17) is 4.42 Å². The van der Waals surface area contributed by atoms with E-state index in [0.717, 1.165) is 29.8 Å². The summed E-state index contributed by atoms with van der Waals surface area (Å²) in [5, 5.41) is 11.2. The Bertz CT molecular complexity index is 1030. The molecule has 0 saturated carbocycles. The van der Waals surface area contributed by atoms with Gasteiger partial charge >= 0.3 is 0 Å². The Hall–Kier alpha value is -3.13. The lowest BCUT2D eigenvalue weighted by atomic mass is 10.1. The summed E-state index contributed by atoms with van der Waals surface area (Å²) in [5.74, 6) is 0.568. The van der Waals surface area contributed by atoms with Gasteiger partial charge in [0.2, 0.25) is 17.7 Å². The van der Waals surface area contributed by atoms with Gasteiger partial charge in [-0.05, 0) is 49.2 Å². The average molecular weight is 408 g/mol. The number of nitrogens with one attached hydrogen (secondary N) is 1. The fraction of sp³-hybridized carbons (Fsp3) is 0.238. The normalized spacial score (nSPS) is 13.7. The number of carbonyl (C=O) groups is 2. The summed E-state index contributed by atoms with van der Waals surface area (Å²) in [5.41, 5.74) is 3.46. The van der Waals surface area contributed by atoms with Crippen molar-refractivity contribution in [1.82, 2.24) is 10.2 Å². The van der Waals surface area contributed by atoms with Crippen molar-refractivity contribution in [3.8, 4) is 11.5 Å². The van der Waals surface area contributed by atoms with E-state index >= 15 is 0 Å². The van der Waals surface area contributed by atoms with Crippen molar-refractivity contribution in [2.75, 3.05) is 22.5 Å². The number of amides is 2. The number of rotatable bonds is 6. The molecular formula is C21H20N4O3S. The maximum absolute atomic E-state index is 12.2. The van der Waals surface area contributed by atoms with Crippen molar-refractivity contribution in [3.63, 3.8) is 0 Å². The Morgan fingerprint density at radius 2 is 1.97 bits per heavy atom. The summed E-state index contributed by atoms with van der Waals surface area (Å²) in [7, 11) is 0. The second-order valence-electron chi connectivity index (χ2n) is 6.72. The van der Waals surface area contributed by atoms with Crippen LogP contribution in [0.3, 0.4) is 0 Å². The second-order valence-corrected chi connectivity index (χ2v) is 7.65. The quantitative estimate of drug-likeness (QED) is 0.622. The molecule has 0 spiro atoms. The minimum Gasteiger partial charge on any atom is -0.411 e. The fourth-order valence-electron chi connectivity index (χ4n) is 3.16. The molecule has 1 aliphatic heterocycles. The Balaban J connectivity index is 1.31. The lowest BCUT2D eigenvalue weighted by Gasteiger charge is -2.16. The molecule has 0 unspecified atom stereocenters. The number of anilines is 2. The molecular weight excluding hydrogens is 388 g/mol. The molecule has 0 atom stereocenters. The third kappa shape index (κ3) is 4.48. The first-order valence-electron chi connectivity index (χ1n) is 9.33. The number of thioether (sulfide) groups is 1. The maximum atomic E-state index is 12.2. The molecule has 0 bridgehead atoms. The molecule has 4 rings (SSSR count). The maximum Gasteiger partial charge on any atom is 0.277 e. The molecule has 148 valence electrons. The number of hydrogen-bond donors (Lipinski definition) is 1. The molecule has 29 heavy (non-hydrogen) atoms. The highest BCUT2D eigenvalue weighted by Gasteiger charge is 2.21. The number of hydrogen-bond acceptors (Lipinski definition) is 6. The van der Waals surface area contributed by atoms with Crippen LogP contribution in [-0.4, -0.2) is 34.3 Å². The summed E-state index contributed by atoms with van der Waals surface area (Å²) in [6.07, 6.45) is 1.48. The zero-order chi connectivity index (χ0) is 20.2. The van der Waals surface area contributed by atoms with Crippen LogP contribution in [0, 0.1) is 6.92 Å². The van der Waals surface area contributed by atoms with Crippen molar-refractivity contribution in [1.29, 1.82) is 0 Å². The van der Waals surface area contributed by atoms with Crippen molar-refractivity contribution in [3.05, 3.63) is 54.1 Å². The molecule has 1 N–H and O–H groups in total. The summed E-state index contributed by atoms with van der Waals surface area (Å²) >= 11 is 1.19. The molecule has 0 radical (unpaired) electrons. The Morgan fingerprint density at radius 1 is 1.17 bits per heavy atom. The van der Waals surface area contributed by atoms with Crippen LogP contribution >= 0.6 is 11.8 Å². The van der Waals surface area contributed by atoms with Gasteiger partial charge in [-0.25, -0.2) is 0 Å². The second kappa shape index (κ2) is 8.48. The van der Waals surface area contributed by atoms with E-state index in [-0.39, 0.29) is 17.6 Å². The van der Waals surface area contributed by atoms with Crippen LogP contribution in [0.25, 0.3) is 11.5 Å². The van der Waals surface area contributed by atoms with Crippen LogP contribution in [0.4, 0.5) is 11.4 Å². The SMILES string of the molecule is Cc1ccccc1-c1nnc(SCC(=O)Nc2ccc(N3CCCC3=O)cc2)o1. The van der Waals surface area contributed by atoms with Gasteiger partial charge in [0.15, 0.2) is 0 Å². The molecule has 2 heterocycles. The fourth-order valence-corrected chi connectivity index (χ4v) is 3.72. The van der Waals surface area contributed by atoms with Crippen LogP contribution in [0.15, 0.2) is 58.2 Å². The van der Waals surface area contributed by atoms with Gasteiger partial charge in [0.25, 0.3) is 5.22 Å². The summed E-state index contributed by atoms with van der Waals surface area (Å²) < 4.78 is 5.66. The van der Waals surface area contributed by atoms with Gasteiger partial charge in [0.1, 0.15) is 0 Å². The topological polar surface area (TPSA) is 88.3 Å². The smallest absolute Gasteiger partial charge is 0.277 e. The minimum absolute atomic E-state index is 0.141. The minimum atomic E-state index is -0.171. The molecule has 7 nitrogen and oxygen atoms in total. The van der Waals surface area contributed by atoms with E-state index in [9.17, 15) is 9.59 Å². The van der Waals surface area contributed by atoms with Crippen molar-refractivity contribution >= 4 is 35.0 Å². The molecule has 1 aromatic heterocycles. The average Bonchev–Trinajstić information content (AvgIpc) is 3.36. The Kier molecular flexibility index (Phi) is 5.62. The van der Waals surface area contributed by atoms with Gasteiger partial charge in [-0.1, -0.05) is 30.0 Å².